The van der Waals surface area contributed by atoms with Gasteiger partial charge in [0.1, 0.15) is 0 Å². The third-order valence-electron chi connectivity index (χ3n) is 1.55. The quantitative estimate of drug-likeness (QED) is 0.451. The Morgan fingerprint density at radius 2 is 2.36 bits per heavy atom. The molecule has 0 spiro atoms. The van der Waals surface area contributed by atoms with Crippen molar-refractivity contribution in [1.82, 2.24) is 0 Å². The molecule has 0 aliphatic heterocycles. The maximum absolute atomic E-state index is 5.49. The van der Waals surface area contributed by atoms with Crippen molar-refractivity contribution in [1.29, 1.82) is 0 Å². The number of hydrogen-bond donors (Lipinski definition) is 1. The van der Waals surface area contributed by atoms with Gasteiger partial charge in [-0.3, -0.25) is 0 Å². The average Bonchev–Trinajstić information content (AvgIpc) is 2.03. The molecule has 0 heterocycles. The van der Waals surface area contributed by atoms with Crippen LogP contribution in [-0.2, 0) is 4.74 Å². The van der Waals surface area contributed by atoms with Crippen LogP contribution in [-0.4, -0.2) is 19.3 Å². The average molecular weight is 157 g/mol. The van der Waals surface area contributed by atoms with Crippen LogP contribution >= 0.6 is 0 Å². The number of nitrogens with two attached hydrogens (primary N) is 1. The van der Waals surface area contributed by atoms with Crippen LogP contribution in [0.1, 0.15) is 26.2 Å². The first-order valence-electron chi connectivity index (χ1n) is 4.27. The molecule has 0 rings (SSSR count). The van der Waals surface area contributed by atoms with E-state index >= 15 is 0 Å². The molecule has 0 amide bonds. The highest BCUT2D eigenvalue weighted by molar-refractivity contribution is 4.66. The van der Waals surface area contributed by atoms with E-state index in [-0.39, 0.29) is 6.10 Å². The molecule has 66 valence electrons. The molecule has 2 N–H and O–H groups in total. The third-order valence-corrected chi connectivity index (χ3v) is 1.55. The van der Waals surface area contributed by atoms with Gasteiger partial charge in [0, 0.05) is 6.54 Å². The molecule has 0 radical (unpaired) electrons. The van der Waals surface area contributed by atoms with Crippen molar-refractivity contribution in [2.45, 2.75) is 32.3 Å². The number of rotatable bonds is 7. The van der Waals surface area contributed by atoms with Crippen molar-refractivity contribution in [2.24, 2.45) is 5.73 Å². The molecule has 11 heavy (non-hydrogen) atoms. The van der Waals surface area contributed by atoms with Gasteiger partial charge in [0.15, 0.2) is 0 Å². The summed E-state index contributed by atoms with van der Waals surface area (Å²) in [6, 6.07) is 0. The smallest absolute Gasteiger partial charge is 0.0697 e. The van der Waals surface area contributed by atoms with Crippen LogP contribution in [0.15, 0.2) is 12.7 Å². The SMILES string of the molecule is C=CCCOC(CN)CCC. The molecule has 2 heteroatoms. The second-order valence-electron chi connectivity index (χ2n) is 2.59. The van der Waals surface area contributed by atoms with Gasteiger partial charge >= 0.3 is 0 Å². The number of ether oxygens (including phenoxy) is 1. The lowest BCUT2D eigenvalue weighted by molar-refractivity contribution is 0.0561. The first-order chi connectivity index (χ1) is 5.35. The topological polar surface area (TPSA) is 35.2 Å². The molecule has 1 atom stereocenters. The summed E-state index contributed by atoms with van der Waals surface area (Å²) >= 11 is 0. The molecule has 0 aliphatic carbocycles. The summed E-state index contributed by atoms with van der Waals surface area (Å²) in [5.74, 6) is 0. The van der Waals surface area contributed by atoms with Crippen molar-refractivity contribution in [2.75, 3.05) is 13.2 Å². The minimum Gasteiger partial charge on any atom is -0.377 e. The van der Waals surface area contributed by atoms with E-state index < -0.39 is 0 Å². The predicted octanol–water partition coefficient (Wildman–Crippen LogP) is 1.71. The second kappa shape index (κ2) is 7.76. The zero-order valence-corrected chi connectivity index (χ0v) is 7.38. The predicted molar refractivity (Wildman–Crippen MR) is 48.5 cm³/mol. The van der Waals surface area contributed by atoms with Gasteiger partial charge in [-0.1, -0.05) is 19.4 Å². The molecule has 0 saturated heterocycles. The Balaban J connectivity index is 3.27. The number of hydrogen-bond acceptors (Lipinski definition) is 2. The highest BCUT2D eigenvalue weighted by atomic mass is 16.5. The second-order valence-corrected chi connectivity index (χ2v) is 2.59. The lowest BCUT2D eigenvalue weighted by atomic mass is 10.2. The van der Waals surface area contributed by atoms with Gasteiger partial charge in [-0.25, -0.2) is 0 Å². The van der Waals surface area contributed by atoms with E-state index in [0.29, 0.717) is 6.54 Å². The molecule has 0 aliphatic rings. The first-order valence-corrected chi connectivity index (χ1v) is 4.27. The molecule has 0 aromatic carbocycles. The van der Waals surface area contributed by atoms with Gasteiger partial charge in [-0.05, 0) is 12.8 Å². The van der Waals surface area contributed by atoms with Crippen molar-refractivity contribution >= 4 is 0 Å². The van der Waals surface area contributed by atoms with E-state index in [4.69, 9.17) is 10.5 Å². The van der Waals surface area contributed by atoms with Crippen molar-refractivity contribution < 1.29 is 4.74 Å². The van der Waals surface area contributed by atoms with Gasteiger partial charge < -0.3 is 10.5 Å². The Bertz CT molecular complexity index is 93.6. The molecule has 0 aromatic rings. The minimum atomic E-state index is 0.250. The van der Waals surface area contributed by atoms with E-state index in [1.54, 1.807) is 0 Å². The van der Waals surface area contributed by atoms with Crippen molar-refractivity contribution in [3.8, 4) is 0 Å². The van der Waals surface area contributed by atoms with Crippen LogP contribution in [0.4, 0.5) is 0 Å². The standard InChI is InChI=1S/C9H19NO/c1-3-5-7-11-9(8-10)6-4-2/h3,9H,1,4-8,10H2,2H3. The van der Waals surface area contributed by atoms with Crippen LogP contribution in [0.3, 0.4) is 0 Å². The lowest BCUT2D eigenvalue weighted by Gasteiger charge is -2.13. The fourth-order valence-corrected chi connectivity index (χ4v) is 0.909. The highest BCUT2D eigenvalue weighted by Gasteiger charge is 2.03. The summed E-state index contributed by atoms with van der Waals surface area (Å²) in [4.78, 5) is 0. The van der Waals surface area contributed by atoms with Crippen LogP contribution in [0.25, 0.3) is 0 Å². The summed E-state index contributed by atoms with van der Waals surface area (Å²) in [6.45, 7) is 7.14. The van der Waals surface area contributed by atoms with Crippen molar-refractivity contribution in [3.63, 3.8) is 0 Å². The zero-order chi connectivity index (χ0) is 8.53. The summed E-state index contributed by atoms with van der Waals surface area (Å²) in [5, 5.41) is 0. The maximum atomic E-state index is 5.49. The summed E-state index contributed by atoms with van der Waals surface area (Å²) < 4.78 is 5.48. The fourth-order valence-electron chi connectivity index (χ4n) is 0.909. The van der Waals surface area contributed by atoms with Crippen LogP contribution in [0.5, 0.6) is 0 Å². The normalized spacial score (nSPS) is 12.9. The van der Waals surface area contributed by atoms with E-state index in [2.05, 4.69) is 13.5 Å². The monoisotopic (exact) mass is 157 g/mol. The van der Waals surface area contributed by atoms with Gasteiger partial charge in [-0.15, -0.1) is 6.58 Å². The molecule has 2 nitrogen and oxygen atoms in total. The van der Waals surface area contributed by atoms with E-state index in [1.165, 1.54) is 0 Å². The summed E-state index contributed by atoms with van der Waals surface area (Å²) in [5.41, 5.74) is 5.49. The van der Waals surface area contributed by atoms with Gasteiger partial charge in [0.25, 0.3) is 0 Å². The van der Waals surface area contributed by atoms with Crippen molar-refractivity contribution in [3.05, 3.63) is 12.7 Å². The molecule has 0 fully saturated rings. The van der Waals surface area contributed by atoms with Gasteiger partial charge in [0.05, 0.1) is 12.7 Å². The molecular formula is C9H19NO. The lowest BCUT2D eigenvalue weighted by Crippen LogP contribution is -2.23. The largest absolute Gasteiger partial charge is 0.377 e. The van der Waals surface area contributed by atoms with Crippen LogP contribution in [0.2, 0.25) is 0 Å². The molecule has 0 bridgehead atoms. The molecule has 1 unspecified atom stereocenters. The first kappa shape index (κ1) is 10.7. The molecule has 0 saturated carbocycles. The summed E-state index contributed by atoms with van der Waals surface area (Å²) in [6.07, 6.45) is 5.23. The Kier molecular flexibility index (Phi) is 7.52. The van der Waals surface area contributed by atoms with Crippen LogP contribution < -0.4 is 5.73 Å². The Morgan fingerprint density at radius 1 is 1.64 bits per heavy atom. The van der Waals surface area contributed by atoms with E-state index in [1.807, 2.05) is 6.08 Å². The van der Waals surface area contributed by atoms with Gasteiger partial charge in [0.2, 0.25) is 0 Å². The minimum absolute atomic E-state index is 0.250. The third kappa shape index (κ3) is 6.07. The van der Waals surface area contributed by atoms with Gasteiger partial charge in [-0.2, -0.15) is 0 Å². The Hall–Kier alpha value is -0.340. The zero-order valence-electron chi connectivity index (χ0n) is 7.38. The van der Waals surface area contributed by atoms with E-state index in [9.17, 15) is 0 Å². The molecule has 0 aromatic heterocycles. The Labute approximate surface area is 69.4 Å². The summed E-state index contributed by atoms with van der Waals surface area (Å²) in [7, 11) is 0. The Morgan fingerprint density at radius 3 is 2.82 bits per heavy atom. The molecular weight excluding hydrogens is 138 g/mol. The maximum Gasteiger partial charge on any atom is 0.0697 e. The fraction of sp³-hybridized carbons (Fsp3) is 0.778. The van der Waals surface area contributed by atoms with Crippen LogP contribution in [0, 0.1) is 0 Å². The highest BCUT2D eigenvalue weighted by Crippen LogP contribution is 2.00. The van der Waals surface area contributed by atoms with E-state index in [0.717, 1.165) is 25.9 Å².